The molecule has 0 radical (unpaired) electrons. The van der Waals surface area contributed by atoms with Gasteiger partial charge in [0, 0.05) is 23.8 Å². The lowest BCUT2D eigenvalue weighted by Gasteiger charge is -2.41. The molecule has 1 aromatic heterocycles. The molecule has 1 saturated carbocycles. The van der Waals surface area contributed by atoms with E-state index in [0.717, 1.165) is 49.0 Å². The fourth-order valence-corrected chi connectivity index (χ4v) is 3.94. The Morgan fingerprint density at radius 3 is 2.82 bits per heavy atom. The predicted molar refractivity (Wildman–Crippen MR) is 108 cm³/mol. The molecule has 1 N–H and O–H groups in total. The van der Waals surface area contributed by atoms with Gasteiger partial charge in [0.2, 0.25) is 5.91 Å². The maximum atomic E-state index is 13.1. The summed E-state index contributed by atoms with van der Waals surface area (Å²) in [6.07, 6.45) is 5.28. The van der Waals surface area contributed by atoms with E-state index < -0.39 is 0 Å². The Morgan fingerprint density at radius 1 is 1.29 bits per heavy atom. The zero-order valence-electron chi connectivity index (χ0n) is 16.6. The van der Waals surface area contributed by atoms with Crippen molar-refractivity contribution < 1.29 is 9.59 Å². The summed E-state index contributed by atoms with van der Waals surface area (Å²) < 4.78 is 0. The van der Waals surface area contributed by atoms with Crippen LogP contribution in [0.15, 0.2) is 30.3 Å². The number of aryl methyl sites for hydroxylation is 1. The van der Waals surface area contributed by atoms with Crippen molar-refractivity contribution in [1.29, 1.82) is 0 Å². The largest absolute Gasteiger partial charge is 0.323 e. The van der Waals surface area contributed by atoms with E-state index in [-0.39, 0.29) is 24.4 Å². The van der Waals surface area contributed by atoms with Gasteiger partial charge >= 0.3 is 0 Å². The molecule has 2 amide bonds. The minimum absolute atomic E-state index is 0.00624. The van der Waals surface area contributed by atoms with Crippen molar-refractivity contribution in [2.45, 2.75) is 57.9 Å². The third-order valence-corrected chi connectivity index (χ3v) is 5.74. The van der Waals surface area contributed by atoms with Crippen LogP contribution in [0.5, 0.6) is 0 Å². The van der Waals surface area contributed by atoms with Crippen LogP contribution in [0.25, 0.3) is 0 Å². The number of aromatic nitrogens is 2. The van der Waals surface area contributed by atoms with Gasteiger partial charge in [-0.15, -0.1) is 0 Å². The number of amides is 2. The SMILES string of the molecule is CCCCC1CN(c2cccc(C)c2)C(=O)CN1C(=O)c1cc(C2CC2)[nH]n1. The molecule has 1 saturated heterocycles. The van der Waals surface area contributed by atoms with Gasteiger partial charge in [0.05, 0.1) is 6.04 Å². The Hall–Kier alpha value is -2.63. The zero-order chi connectivity index (χ0) is 19.7. The smallest absolute Gasteiger partial charge is 0.275 e. The summed E-state index contributed by atoms with van der Waals surface area (Å²) in [6, 6.07) is 9.87. The lowest BCUT2D eigenvalue weighted by molar-refractivity contribution is -0.121. The van der Waals surface area contributed by atoms with Gasteiger partial charge < -0.3 is 9.80 Å². The molecule has 2 fully saturated rings. The molecule has 1 aliphatic heterocycles. The van der Waals surface area contributed by atoms with E-state index in [4.69, 9.17) is 0 Å². The Bertz CT molecular complexity index is 871. The monoisotopic (exact) mass is 380 g/mol. The van der Waals surface area contributed by atoms with E-state index >= 15 is 0 Å². The van der Waals surface area contributed by atoms with Gasteiger partial charge in [-0.25, -0.2) is 0 Å². The topological polar surface area (TPSA) is 69.3 Å². The molecule has 1 unspecified atom stereocenters. The molecule has 2 aromatic rings. The summed E-state index contributed by atoms with van der Waals surface area (Å²) in [5.74, 6) is 0.343. The van der Waals surface area contributed by atoms with Crippen LogP contribution in [0.1, 0.15) is 66.7 Å². The third-order valence-electron chi connectivity index (χ3n) is 5.74. The third kappa shape index (κ3) is 3.81. The number of hydrogen-bond donors (Lipinski definition) is 1. The summed E-state index contributed by atoms with van der Waals surface area (Å²) in [7, 11) is 0. The van der Waals surface area contributed by atoms with Crippen LogP contribution in [-0.2, 0) is 4.79 Å². The van der Waals surface area contributed by atoms with E-state index in [1.165, 1.54) is 0 Å². The molecule has 1 aliphatic carbocycles. The molecule has 0 bridgehead atoms. The molecule has 0 spiro atoms. The number of benzene rings is 1. The standard InChI is InChI=1S/C22H28N4O2/c1-3-4-7-18-13-25(17-8-5-6-15(2)11-17)21(27)14-26(18)22(28)20-12-19(23-24-20)16-9-10-16/h5-6,8,11-12,16,18H,3-4,7,9-10,13-14H2,1-2H3,(H,23,24). The van der Waals surface area contributed by atoms with Gasteiger partial charge in [-0.05, 0) is 49.9 Å². The van der Waals surface area contributed by atoms with E-state index in [0.29, 0.717) is 18.2 Å². The summed E-state index contributed by atoms with van der Waals surface area (Å²) in [6.45, 7) is 4.81. The highest BCUT2D eigenvalue weighted by Gasteiger charge is 2.37. The first-order chi connectivity index (χ1) is 13.6. The molecular formula is C22H28N4O2. The Labute approximate surface area is 165 Å². The number of nitrogens with one attached hydrogen (secondary N) is 1. The molecule has 28 heavy (non-hydrogen) atoms. The van der Waals surface area contributed by atoms with E-state index in [2.05, 4.69) is 17.1 Å². The lowest BCUT2D eigenvalue weighted by atomic mass is 10.0. The van der Waals surface area contributed by atoms with Crippen molar-refractivity contribution >= 4 is 17.5 Å². The molecule has 6 nitrogen and oxygen atoms in total. The summed E-state index contributed by atoms with van der Waals surface area (Å²) in [5.41, 5.74) is 3.51. The number of nitrogens with zero attached hydrogens (tertiary/aromatic N) is 3. The van der Waals surface area contributed by atoms with E-state index in [9.17, 15) is 9.59 Å². The van der Waals surface area contributed by atoms with Crippen LogP contribution < -0.4 is 4.90 Å². The summed E-state index contributed by atoms with van der Waals surface area (Å²) >= 11 is 0. The summed E-state index contributed by atoms with van der Waals surface area (Å²) in [4.78, 5) is 29.6. The Kier molecular flexibility index (Phi) is 5.20. The number of carbonyl (C=O) groups is 2. The average Bonchev–Trinajstić information content (AvgIpc) is 3.43. The molecule has 2 heterocycles. The van der Waals surface area contributed by atoms with Crippen molar-refractivity contribution in [1.82, 2.24) is 15.1 Å². The second kappa shape index (κ2) is 7.78. The first-order valence-corrected chi connectivity index (χ1v) is 10.3. The van der Waals surface area contributed by atoms with Crippen molar-refractivity contribution in [3.63, 3.8) is 0 Å². The molecule has 1 atom stereocenters. The maximum absolute atomic E-state index is 13.1. The quantitative estimate of drug-likeness (QED) is 0.832. The van der Waals surface area contributed by atoms with Crippen LogP contribution in [0.2, 0.25) is 0 Å². The molecule has 2 aliphatic rings. The maximum Gasteiger partial charge on any atom is 0.275 e. The number of hydrogen-bond acceptors (Lipinski definition) is 3. The van der Waals surface area contributed by atoms with Gasteiger partial charge in [-0.2, -0.15) is 5.10 Å². The second-order valence-electron chi connectivity index (χ2n) is 8.06. The fourth-order valence-electron chi connectivity index (χ4n) is 3.94. The number of anilines is 1. The molecular weight excluding hydrogens is 352 g/mol. The van der Waals surface area contributed by atoms with Gasteiger partial charge in [-0.3, -0.25) is 14.7 Å². The molecule has 6 heteroatoms. The minimum atomic E-state index is -0.138. The number of piperazine rings is 1. The van der Waals surface area contributed by atoms with Crippen molar-refractivity contribution in [2.24, 2.45) is 0 Å². The van der Waals surface area contributed by atoms with Crippen LogP contribution in [-0.4, -0.2) is 46.0 Å². The van der Waals surface area contributed by atoms with Gasteiger partial charge in [-0.1, -0.05) is 31.9 Å². The first-order valence-electron chi connectivity index (χ1n) is 10.3. The lowest BCUT2D eigenvalue weighted by Crippen LogP contribution is -2.58. The van der Waals surface area contributed by atoms with Crippen LogP contribution in [0.4, 0.5) is 5.69 Å². The number of aromatic amines is 1. The predicted octanol–water partition coefficient (Wildman–Crippen LogP) is 3.64. The number of H-pyrrole nitrogens is 1. The molecule has 1 aromatic carbocycles. The highest BCUT2D eigenvalue weighted by Crippen LogP contribution is 2.39. The Balaban J connectivity index is 1.55. The second-order valence-corrected chi connectivity index (χ2v) is 8.06. The highest BCUT2D eigenvalue weighted by atomic mass is 16.2. The Morgan fingerprint density at radius 2 is 2.11 bits per heavy atom. The molecule has 4 rings (SSSR count). The van der Waals surface area contributed by atoms with Crippen LogP contribution in [0, 0.1) is 6.92 Å². The first kappa shape index (κ1) is 18.7. The van der Waals surface area contributed by atoms with E-state index in [1.807, 2.05) is 42.2 Å². The van der Waals surface area contributed by atoms with E-state index in [1.54, 1.807) is 4.90 Å². The normalized spacial score (nSPS) is 19.9. The number of rotatable bonds is 6. The van der Waals surface area contributed by atoms with Gasteiger partial charge in [0.25, 0.3) is 5.91 Å². The van der Waals surface area contributed by atoms with Crippen LogP contribution >= 0.6 is 0 Å². The van der Waals surface area contributed by atoms with Crippen LogP contribution in [0.3, 0.4) is 0 Å². The van der Waals surface area contributed by atoms with Crippen molar-refractivity contribution in [2.75, 3.05) is 18.0 Å². The zero-order valence-corrected chi connectivity index (χ0v) is 16.6. The molecule has 148 valence electrons. The van der Waals surface area contributed by atoms with Gasteiger partial charge in [0.1, 0.15) is 12.2 Å². The number of unbranched alkanes of at least 4 members (excludes halogenated alkanes) is 1. The van der Waals surface area contributed by atoms with Crippen molar-refractivity contribution in [3.05, 3.63) is 47.3 Å². The minimum Gasteiger partial charge on any atom is -0.323 e. The summed E-state index contributed by atoms with van der Waals surface area (Å²) in [5, 5.41) is 7.24. The number of carbonyl (C=O) groups excluding carboxylic acids is 2. The fraction of sp³-hybridized carbons (Fsp3) is 0.500. The highest BCUT2D eigenvalue weighted by molar-refractivity contribution is 6.01. The average molecular weight is 380 g/mol. The van der Waals surface area contributed by atoms with Gasteiger partial charge in [0.15, 0.2) is 0 Å². The van der Waals surface area contributed by atoms with Crippen molar-refractivity contribution in [3.8, 4) is 0 Å².